The topological polar surface area (TPSA) is 95.4 Å². The molecule has 4 N–H and O–H groups in total. The molecule has 1 atom stereocenters. The summed E-state index contributed by atoms with van der Waals surface area (Å²) < 4.78 is 5.21. The maximum atomic E-state index is 11.6. The molecule has 0 fully saturated rings. The third kappa shape index (κ3) is 9.22. The van der Waals surface area contributed by atoms with Crippen LogP contribution in [0.2, 0.25) is 0 Å². The number of carbonyl (C=O) groups is 2. The first-order chi connectivity index (χ1) is 12.6. The third-order valence-corrected chi connectivity index (χ3v) is 3.71. The fourth-order valence-corrected chi connectivity index (χ4v) is 2.27. The van der Waals surface area contributed by atoms with E-state index in [9.17, 15) is 9.59 Å². The second kappa shape index (κ2) is 10.7. The van der Waals surface area contributed by atoms with Crippen LogP contribution < -0.4 is 11.5 Å². The summed E-state index contributed by atoms with van der Waals surface area (Å²) in [6.07, 6.45) is 0.510. The molecule has 2 aromatic rings. The Kier molecular flexibility index (Phi) is 8.98. The van der Waals surface area contributed by atoms with Gasteiger partial charge in [0.25, 0.3) is 0 Å². The van der Waals surface area contributed by atoms with E-state index in [0.29, 0.717) is 17.9 Å². The van der Waals surface area contributed by atoms with Crippen LogP contribution in [0.15, 0.2) is 54.6 Å². The standard InChI is InChI=1S/C13H19NO2.C8H8ClNO/c1-13(2,3)16-12(15)11(14)9-10-7-5-4-6-8-10;9-5-6-1-3-7(4-2-6)8(10)11/h4-8,11H,9,14H2,1-3H3;1-4H,5H2,(H2,10,11)/t11-;/m0./s1. The fraction of sp³-hybridized carbons (Fsp3) is 0.333. The van der Waals surface area contributed by atoms with Gasteiger partial charge in [0.2, 0.25) is 5.91 Å². The minimum absolute atomic E-state index is 0.351. The fourth-order valence-electron chi connectivity index (χ4n) is 2.09. The van der Waals surface area contributed by atoms with Gasteiger partial charge in [-0.3, -0.25) is 9.59 Å². The van der Waals surface area contributed by atoms with Gasteiger partial charge in [0.15, 0.2) is 0 Å². The van der Waals surface area contributed by atoms with Crippen molar-refractivity contribution < 1.29 is 14.3 Å². The van der Waals surface area contributed by atoms with Crippen molar-refractivity contribution >= 4 is 23.5 Å². The van der Waals surface area contributed by atoms with Gasteiger partial charge < -0.3 is 16.2 Å². The second-order valence-electron chi connectivity index (χ2n) is 7.02. The maximum Gasteiger partial charge on any atom is 0.323 e. The second-order valence-corrected chi connectivity index (χ2v) is 7.29. The number of rotatable bonds is 5. The SMILES string of the molecule is CC(C)(C)OC(=O)[C@@H](N)Cc1ccccc1.NC(=O)c1ccc(CCl)cc1. The number of benzene rings is 2. The van der Waals surface area contributed by atoms with E-state index in [1.165, 1.54) is 0 Å². The number of nitrogens with two attached hydrogens (primary N) is 2. The molecule has 5 nitrogen and oxygen atoms in total. The van der Waals surface area contributed by atoms with Gasteiger partial charge in [-0.1, -0.05) is 42.5 Å². The number of ether oxygens (including phenoxy) is 1. The van der Waals surface area contributed by atoms with Crippen LogP contribution in [0.1, 0.15) is 42.3 Å². The van der Waals surface area contributed by atoms with Crippen LogP contribution in [0.25, 0.3) is 0 Å². The first-order valence-corrected chi connectivity index (χ1v) is 9.13. The van der Waals surface area contributed by atoms with Crippen LogP contribution in [0, 0.1) is 0 Å². The number of hydrogen-bond acceptors (Lipinski definition) is 4. The number of esters is 1. The number of hydrogen-bond donors (Lipinski definition) is 2. The van der Waals surface area contributed by atoms with Gasteiger partial charge >= 0.3 is 5.97 Å². The molecule has 27 heavy (non-hydrogen) atoms. The highest BCUT2D eigenvalue weighted by Crippen LogP contribution is 2.10. The highest BCUT2D eigenvalue weighted by atomic mass is 35.5. The summed E-state index contributed by atoms with van der Waals surface area (Å²) in [6, 6.07) is 16.0. The molecule has 0 saturated heterocycles. The molecule has 2 aromatic carbocycles. The van der Waals surface area contributed by atoms with Crippen molar-refractivity contribution in [1.29, 1.82) is 0 Å². The van der Waals surface area contributed by atoms with E-state index in [0.717, 1.165) is 11.1 Å². The molecule has 146 valence electrons. The van der Waals surface area contributed by atoms with E-state index < -0.39 is 17.6 Å². The number of carbonyl (C=O) groups excluding carboxylic acids is 2. The zero-order chi connectivity index (χ0) is 20.4. The molecular weight excluding hydrogens is 364 g/mol. The molecule has 1 amide bonds. The average molecular weight is 391 g/mol. The van der Waals surface area contributed by atoms with Gasteiger partial charge in [0.05, 0.1) is 0 Å². The van der Waals surface area contributed by atoms with Gasteiger partial charge in [-0.15, -0.1) is 11.6 Å². The lowest BCUT2D eigenvalue weighted by Gasteiger charge is -2.22. The van der Waals surface area contributed by atoms with Crippen LogP contribution in [-0.2, 0) is 21.8 Å². The van der Waals surface area contributed by atoms with E-state index in [1.807, 2.05) is 51.1 Å². The Hall–Kier alpha value is -2.37. The summed E-state index contributed by atoms with van der Waals surface area (Å²) in [7, 11) is 0. The van der Waals surface area contributed by atoms with Crippen molar-refractivity contribution in [2.45, 2.75) is 44.7 Å². The quantitative estimate of drug-likeness (QED) is 0.604. The van der Waals surface area contributed by atoms with Crippen molar-refractivity contribution in [3.8, 4) is 0 Å². The predicted molar refractivity (Wildman–Crippen MR) is 108 cm³/mol. The lowest BCUT2D eigenvalue weighted by atomic mass is 10.1. The summed E-state index contributed by atoms with van der Waals surface area (Å²) in [5.74, 6) is -0.304. The van der Waals surface area contributed by atoms with Crippen molar-refractivity contribution in [3.63, 3.8) is 0 Å². The van der Waals surface area contributed by atoms with Gasteiger partial charge in [-0.2, -0.15) is 0 Å². The summed E-state index contributed by atoms with van der Waals surface area (Å²) in [5.41, 5.74) is 12.9. The van der Waals surface area contributed by atoms with Gasteiger partial charge in [0, 0.05) is 11.4 Å². The molecule has 0 aliphatic heterocycles. The van der Waals surface area contributed by atoms with Gasteiger partial charge in [-0.05, 0) is 50.5 Å². The Morgan fingerprint density at radius 1 is 1.00 bits per heavy atom. The Balaban J connectivity index is 0.000000289. The van der Waals surface area contributed by atoms with Crippen LogP contribution in [0.4, 0.5) is 0 Å². The molecule has 0 unspecified atom stereocenters. The van der Waals surface area contributed by atoms with E-state index in [2.05, 4.69) is 0 Å². The molecular formula is C21H27ClN2O3. The first-order valence-electron chi connectivity index (χ1n) is 8.59. The lowest BCUT2D eigenvalue weighted by molar-refractivity contribution is -0.156. The van der Waals surface area contributed by atoms with E-state index in [4.69, 9.17) is 27.8 Å². The minimum atomic E-state index is -0.596. The predicted octanol–water partition coefficient (Wildman–Crippen LogP) is 3.42. The molecule has 0 aliphatic rings. The largest absolute Gasteiger partial charge is 0.459 e. The molecule has 0 spiro atoms. The van der Waals surface area contributed by atoms with E-state index >= 15 is 0 Å². The highest BCUT2D eigenvalue weighted by molar-refractivity contribution is 6.17. The smallest absolute Gasteiger partial charge is 0.323 e. The lowest BCUT2D eigenvalue weighted by Crippen LogP contribution is -2.38. The Morgan fingerprint density at radius 2 is 1.56 bits per heavy atom. The number of primary amides is 1. The van der Waals surface area contributed by atoms with Gasteiger partial charge in [0.1, 0.15) is 11.6 Å². The summed E-state index contributed by atoms with van der Waals surface area (Å²) in [6.45, 7) is 5.50. The Morgan fingerprint density at radius 3 is 2.00 bits per heavy atom. The van der Waals surface area contributed by atoms with Crippen LogP contribution in [-0.4, -0.2) is 23.5 Å². The highest BCUT2D eigenvalue weighted by Gasteiger charge is 2.22. The van der Waals surface area contributed by atoms with E-state index in [1.54, 1.807) is 24.3 Å². The van der Waals surface area contributed by atoms with E-state index in [-0.39, 0.29) is 5.97 Å². The molecule has 0 saturated carbocycles. The Labute approximate surface area is 165 Å². The zero-order valence-electron chi connectivity index (χ0n) is 15.9. The third-order valence-electron chi connectivity index (χ3n) is 3.40. The van der Waals surface area contributed by atoms with Crippen molar-refractivity contribution in [2.24, 2.45) is 11.5 Å². The van der Waals surface area contributed by atoms with Crippen molar-refractivity contribution in [3.05, 3.63) is 71.3 Å². The zero-order valence-corrected chi connectivity index (χ0v) is 16.7. The summed E-state index contributed by atoms with van der Waals surface area (Å²) in [5, 5.41) is 0. The number of halogens is 1. The van der Waals surface area contributed by atoms with Crippen LogP contribution >= 0.6 is 11.6 Å². The van der Waals surface area contributed by atoms with Gasteiger partial charge in [-0.25, -0.2) is 0 Å². The monoisotopic (exact) mass is 390 g/mol. The molecule has 0 aliphatic carbocycles. The first kappa shape index (κ1) is 22.7. The average Bonchev–Trinajstić information content (AvgIpc) is 2.61. The molecule has 0 bridgehead atoms. The Bertz CT molecular complexity index is 725. The normalized spacial score (nSPS) is 11.7. The minimum Gasteiger partial charge on any atom is -0.459 e. The van der Waals surface area contributed by atoms with Crippen molar-refractivity contribution in [1.82, 2.24) is 0 Å². The molecule has 0 radical (unpaired) electrons. The maximum absolute atomic E-state index is 11.6. The van der Waals surface area contributed by atoms with Crippen molar-refractivity contribution in [2.75, 3.05) is 0 Å². The molecule has 0 aromatic heterocycles. The summed E-state index contributed by atoms with van der Waals surface area (Å²) >= 11 is 5.54. The molecule has 6 heteroatoms. The van der Waals surface area contributed by atoms with Crippen LogP contribution in [0.3, 0.4) is 0 Å². The summed E-state index contributed by atoms with van der Waals surface area (Å²) in [4.78, 5) is 22.2. The molecule has 2 rings (SSSR count). The molecule has 0 heterocycles. The number of amides is 1. The number of alkyl halides is 1. The van der Waals surface area contributed by atoms with Crippen LogP contribution in [0.5, 0.6) is 0 Å².